The largest absolute Gasteiger partial charge is 0.480 e. The number of aliphatic carboxylic acids is 2. The van der Waals surface area contributed by atoms with Gasteiger partial charge in [-0.1, -0.05) is 23.2 Å². The van der Waals surface area contributed by atoms with Crippen molar-refractivity contribution in [2.24, 2.45) is 11.5 Å². The highest BCUT2D eigenvalue weighted by molar-refractivity contribution is 6.50. The average Bonchev–Trinajstić information content (AvgIpc) is 2.12. The van der Waals surface area contributed by atoms with Gasteiger partial charge in [0.05, 0.1) is 0 Å². The predicted octanol–water partition coefficient (Wildman–Crippen LogP) is -0.236. The zero-order chi connectivity index (χ0) is 12.2. The predicted molar refractivity (Wildman–Crippen MR) is 54.9 cm³/mol. The lowest BCUT2D eigenvalue weighted by Gasteiger charge is -2.24. The molecule has 0 aliphatic rings. The van der Waals surface area contributed by atoms with E-state index in [1.807, 2.05) is 0 Å². The second-order valence-electron chi connectivity index (χ2n) is 3.06. The second-order valence-corrected chi connectivity index (χ2v) is 4.60. The standard InChI is InChI=1S/C7H12Cl2N2O4/c8-7(9,4(11)6(14)15)2-1-3(10)5(12)13/h3-4H,1-2,10-11H2,(H,12,13)(H,14,15)/t3-,4?/m0/s1. The van der Waals surface area contributed by atoms with Crippen LogP contribution in [0.5, 0.6) is 0 Å². The first kappa shape index (κ1) is 14.4. The average molecular weight is 259 g/mol. The molecule has 0 radical (unpaired) electrons. The number of nitrogens with two attached hydrogens (primary N) is 2. The number of halogens is 2. The highest BCUT2D eigenvalue weighted by Gasteiger charge is 2.37. The number of hydrogen-bond donors (Lipinski definition) is 4. The fourth-order valence-corrected chi connectivity index (χ4v) is 1.21. The Hall–Kier alpha value is -0.560. The Bertz CT molecular complexity index is 259. The van der Waals surface area contributed by atoms with Gasteiger partial charge in [0.25, 0.3) is 0 Å². The van der Waals surface area contributed by atoms with Crippen LogP contribution in [0.15, 0.2) is 0 Å². The maximum Gasteiger partial charge on any atom is 0.323 e. The summed E-state index contributed by atoms with van der Waals surface area (Å²) in [5.41, 5.74) is 10.4. The lowest BCUT2D eigenvalue weighted by Crippen LogP contribution is -2.46. The summed E-state index contributed by atoms with van der Waals surface area (Å²) in [6.45, 7) is 0. The smallest absolute Gasteiger partial charge is 0.323 e. The number of carboxylic acids is 2. The molecular weight excluding hydrogens is 247 g/mol. The van der Waals surface area contributed by atoms with E-state index in [9.17, 15) is 9.59 Å². The summed E-state index contributed by atoms with van der Waals surface area (Å²) in [5.74, 6) is -2.56. The highest BCUT2D eigenvalue weighted by atomic mass is 35.5. The zero-order valence-corrected chi connectivity index (χ0v) is 9.20. The molecule has 0 spiro atoms. The van der Waals surface area contributed by atoms with E-state index in [-0.39, 0.29) is 12.8 Å². The molecule has 1 unspecified atom stereocenters. The van der Waals surface area contributed by atoms with Gasteiger partial charge in [0.1, 0.15) is 16.4 Å². The van der Waals surface area contributed by atoms with Crippen LogP contribution in [0.25, 0.3) is 0 Å². The van der Waals surface area contributed by atoms with Gasteiger partial charge < -0.3 is 21.7 Å². The molecule has 0 aliphatic heterocycles. The van der Waals surface area contributed by atoms with Crippen LogP contribution in [0.4, 0.5) is 0 Å². The third-order valence-corrected chi connectivity index (χ3v) is 2.68. The van der Waals surface area contributed by atoms with E-state index >= 15 is 0 Å². The Kier molecular flexibility index (Phi) is 5.30. The van der Waals surface area contributed by atoms with E-state index in [1.54, 1.807) is 0 Å². The number of alkyl halides is 2. The molecule has 0 aromatic heterocycles. The molecule has 0 heterocycles. The van der Waals surface area contributed by atoms with Gasteiger partial charge in [-0.25, -0.2) is 0 Å². The van der Waals surface area contributed by atoms with Crippen molar-refractivity contribution in [1.82, 2.24) is 0 Å². The molecule has 8 heteroatoms. The van der Waals surface area contributed by atoms with Crippen molar-refractivity contribution in [1.29, 1.82) is 0 Å². The van der Waals surface area contributed by atoms with Crippen molar-refractivity contribution in [2.45, 2.75) is 29.3 Å². The van der Waals surface area contributed by atoms with Crippen LogP contribution >= 0.6 is 23.2 Å². The molecule has 0 rings (SSSR count). The van der Waals surface area contributed by atoms with Crippen molar-refractivity contribution in [3.8, 4) is 0 Å². The normalized spacial score (nSPS) is 15.7. The summed E-state index contributed by atoms with van der Waals surface area (Å²) in [5, 5.41) is 17.0. The first-order valence-corrected chi connectivity index (χ1v) is 4.78. The Balaban J connectivity index is 4.26. The minimum atomic E-state index is -1.72. The number of hydrogen-bond acceptors (Lipinski definition) is 4. The zero-order valence-electron chi connectivity index (χ0n) is 7.69. The first-order chi connectivity index (χ1) is 6.68. The van der Waals surface area contributed by atoms with Crippen molar-refractivity contribution in [3.05, 3.63) is 0 Å². The SMILES string of the molecule is NC(C(=O)O)C(Cl)(Cl)CC[C@H](N)C(=O)O. The molecule has 0 amide bonds. The maximum atomic E-state index is 10.5. The lowest BCUT2D eigenvalue weighted by molar-refractivity contribution is -0.139. The van der Waals surface area contributed by atoms with Crippen LogP contribution in [-0.2, 0) is 9.59 Å². The van der Waals surface area contributed by atoms with Crippen molar-refractivity contribution in [3.63, 3.8) is 0 Å². The highest BCUT2D eigenvalue weighted by Crippen LogP contribution is 2.30. The van der Waals surface area contributed by atoms with Gasteiger partial charge in [-0.3, -0.25) is 9.59 Å². The van der Waals surface area contributed by atoms with E-state index in [0.29, 0.717) is 0 Å². The van der Waals surface area contributed by atoms with Crippen molar-refractivity contribution in [2.75, 3.05) is 0 Å². The molecule has 2 atom stereocenters. The van der Waals surface area contributed by atoms with E-state index in [0.717, 1.165) is 0 Å². The quantitative estimate of drug-likeness (QED) is 0.488. The van der Waals surface area contributed by atoms with Gasteiger partial charge in [-0.2, -0.15) is 0 Å². The van der Waals surface area contributed by atoms with Crippen LogP contribution in [0.2, 0.25) is 0 Å². The second kappa shape index (κ2) is 5.50. The van der Waals surface area contributed by atoms with Gasteiger partial charge in [-0.15, -0.1) is 0 Å². The molecule has 88 valence electrons. The van der Waals surface area contributed by atoms with Gasteiger partial charge in [0.2, 0.25) is 0 Å². The molecular formula is C7H12Cl2N2O4. The van der Waals surface area contributed by atoms with Crippen LogP contribution in [0, 0.1) is 0 Å². The minimum absolute atomic E-state index is 0.0523. The molecule has 0 saturated carbocycles. The molecule has 0 aliphatic carbocycles. The lowest BCUT2D eigenvalue weighted by atomic mass is 10.1. The van der Waals surface area contributed by atoms with E-state index in [1.165, 1.54) is 0 Å². The van der Waals surface area contributed by atoms with E-state index in [2.05, 4.69) is 0 Å². The fraction of sp³-hybridized carbons (Fsp3) is 0.714. The first-order valence-electron chi connectivity index (χ1n) is 4.03. The Labute approximate surface area is 96.1 Å². The Morgan fingerprint density at radius 2 is 1.67 bits per heavy atom. The monoisotopic (exact) mass is 258 g/mol. The molecule has 0 fully saturated rings. The van der Waals surface area contributed by atoms with Gasteiger partial charge in [0.15, 0.2) is 0 Å². The summed E-state index contributed by atoms with van der Waals surface area (Å²) >= 11 is 11.3. The molecule has 0 bridgehead atoms. The number of carbonyl (C=O) groups is 2. The molecule has 0 saturated heterocycles. The molecule has 0 aromatic carbocycles. The van der Waals surface area contributed by atoms with E-state index < -0.39 is 28.4 Å². The van der Waals surface area contributed by atoms with E-state index in [4.69, 9.17) is 44.9 Å². The summed E-state index contributed by atoms with van der Waals surface area (Å²) < 4.78 is -1.72. The van der Waals surface area contributed by atoms with Crippen molar-refractivity contribution < 1.29 is 19.8 Å². The van der Waals surface area contributed by atoms with Gasteiger partial charge in [0, 0.05) is 0 Å². The summed E-state index contributed by atoms with van der Waals surface area (Å²) in [4.78, 5) is 20.8. The number of carboxylic acid groups (broad SMARTS) is 2. The van der Waals surface area contributed by atoms with Crippen LogP contribution in [0.1, 0.15) is 12.8 Å². The Morgan fingerprint density at radius 1 is 1.20 bits per heavy atom. The van der Waals surface area contributed by atoms with Crippen LogP contribution in [0.3, 0.4) is 0 Å². The molecule has 15 heavy (non-hydrogen) atoms. The van der Waals surface area contributed by atoms with Gasteiger partial charge >= 0.3 is 11.9 Å². The molecule has 6 N–H and O–H groups in total. The molecule has 0 aromatic rings. The Morgan fingerprint density at radius 3 is 2.00 bits per heavy atom. The molecule has 6 nitrogen and oxygen atoms in total. The van der Waals surface area contributed by atoms with Crippen LogP contribution < -0.4 is 11.5 Å². The summed E-state index contributed by atoms with van der Waals surface area (Å²) in [7, 11) is 0. The van der Waals surface area contributed by atoms with Gasteiger partial charge in [-0.05, 0) is 12.8 Å². The minimum Gasteiger partial charge on any atom is -0.480 e. The fourth-order valence-electron chi connectivity index (χ4n) is 0.808. The summed E-state index contributed by atoms with van der Waals surface area (Å²) in [6, 6.07) is -2.62. The van der Waals surface area contributed by atoms with Crippen LogP contribution in [-0.4, -0.2) is 38.6 Å². The maximum absolute atomic E-state index is 10.5. The van der Waals surface area contributed by atoms with Crippen molar-refractivity contribution >= 4 is 35.1 Å². The summed E-state index contributed by atoms with van der Waals surface area (Å²) in [6.07, 6.45) is -0.166. The third-order valence-electron chi connectivity index (χ3n) is 1.83. The third kappa shape index (κ3) is 4.65. The number of rotatable bonds is 6. The topological polar surface area (TPSA) is 127 Å².